The zero-order chi connectivity index (χ0) is 15.1. The van der Waals surface area contributed by atoms with Crippen molar-refractivity contribution in [3.63, 3.8) is 0 Å². The van der Waals surface area contributed by atoms with Crippen LogP contribution in [0.1, 0.15) is 43.9 Å². The lowest BCUT2D eigenvalue weighted by Crippen LogP contribution is -2.17. The molecule has 108 valence electrons. The van der Waals surface area contributed by atoms with Gasteiger partial charge in [-0.2, -0.15) is 5.10 Å². The summed E-state index contributed by atoms with van der Waals surface area (Å²) in [6, 6.07) is 6.21. The molecule has 0 aliphatic carbocycles. The second kappa shape index (κ2) is 7.90. The van der Waals surface area contributed by atoms with Crippen LogP contribution in [0.2, 0.25) is 0 Å². The molecule has 0 aromatic heterocycles. The number of benzene rings is 1. The van der Waals surface area contributed by atoms with Crippen LogP contribution >= 0.6 is 12.2 Å². The van der Waals surface area contributed by atoms with E-state index in [1.165, 1.54) is 11.1 Å². The first-order valence-corrected chi connectivity index (χ1v) is 7.32. The molecule has 0 aliphatic heterocycles. The van der Waals surface area contributed by atoms with Gasteiger partial charge in [0.15, 0.2) is 0 Å². The molecule has 4 heteroatoms. The SMILES string of the molecule is CCC(=NC(=S)N/N=C\c1ccc(C)c(C)c1)C(C)C. The Morgan fingerprint density at radius 1 is 1.30 bits per heavy atom. The van der Waals surface area contributed by atoms with Gasteiger partial charge in [0.25, 0.3) is 0 Å². The maximum Gasteiger partial charge on any atom is 0.213 e. The van der Waals surface area contributed by atoms with E-state index in [-0.39, 0.29) is 0 Å². The van der Waals surface area contributed by atoms with Crippen molar-refractivity contribution in [1.82, 2.24) is 5.43 Å². The van der Waals surface area contributed by atoms with E-state index in [1.54, 1.807) is 6.21 Å². The van der Waals surface area contributed by atoms with Gasteiger partial charge < -0.3 is 0 Å². The first kappa shape index (κ1) is 16.5. The molecule has 0 radical (unpaired) electrons. The number of aryl methyl sites for hydroxylation is 2. The standard InChI is InChI=1S/C16H23N3S/c1-6-15(11(2)3)18-16(20)19-17-10-14-8-7-12(4)13(5)9-14/h7-11H,6H2,1-5H3,(H,19,20)/b17-10-,18-15?. The van der Waals surface area contributed by atoms with E-state index in [1.807, 2.05) is 6.07 Å². The van der Waals surface area contributed by atoms with Crippen molar-refractivity contribution in [3.05, 3.63) is 34.9 Å². The zero-order valence-electron chi connectivity index (χ0n) is 12.9. The van der Waals surface area contributed by atoms with Gasteiger partial charge in [-0.05, 0) is 55.1 Å². The zero-order valence-corrected chi connectivity index (χ0v) is 13.7. The fourth-order valence-electron chi connectivity index (χ4n) is 1.78. The minimum Gasteiger partial charge on any atom is -0.252 e. The number of hydrogen-bond acceptors (Lipinski definition) is 2. The fraction of sp³-hybridized carbons (Fsp3) is 0.438. The van der Waals surface area contributed by atoms with Crippen LogP contribution < -0.4 is 5.43 Å². The maximum absolute atomic E-state index is 5.17. The molecule has 1 aromatic rings. The molecule has 3 nitrogen and oxygen atoms in total. The van der Waals surface area contributed by atoms with Crippen molar-refractivity contribution in [2.75, 3.05) is 0 Å². The molecule has 1 aromatic carbocycles. The quantitative estimate of drug-likeness (QED) is 0.516. The van der Waals surface area contributed by atoms with E-state index in [9.17, 15) is 0 Å². The van der Waals surface area contributed by atoms with Crippen LogP contribution in [-0.2, 0) is 0 Å². The van der Waals surface area contributed by atoms with Gasteiger partial charge in [-0.1, -0.05) is 39.0 Å². The highest BCUT2D eigenvalue weighted by Crippen LogP contribution is 2.07. The summed E-state index contributed by atoms with van der Waals surface area (Å²) in [6.07, 6.45) is 2.66. The number of thiocarbonyl (C=S) groups is 1. The normalized spacial score (nSPS) is 12.2. The topological polar surface area (TPSA) is 36.8 Å². The summed E-state index contributed by atoms with van der Waals surface area (Å²) in [6.45, 7) is 10.5. The molecular weight excluding hydrogens is 266 g/mol. The number of hydrazone groups is 1. The predicted octanol–water partition coefficient (Wildman–Crippen LogP) is 4.02. The fourth-order valence-corrected chi connectivity index (χ4v) is 1.95. The van der Waals surface area contributed by atoms with E-state index >= 15 is 0 Å². The van der Waals surface area contributed by atoms with Gasteiger partial charge in [0, 0.05) is 5.71 Å². The van der Waals surface area contributed by atoms with E-state index in [2.05, 4.69) is 62.3 Å². The Labute approximate surface area is 127 Å². The Morgan fingerprint density at radius 2 is 2.00 bits per heavy atom. The molecule has 0 unspecified atom stereocenters. The van der Waals surface area contributed by atoms with Crippen molar-refractivity contribution in [1.29, 1.82) is 0 Å². The van der Waals surface area contributed by atoms with Crippen LogP contribution in [0.15, 0.2) is 28.3 Å². The van der Waals surface area contributed by atoms with Crippen LogP contribution in [0.25, 0.3) is 0 Å². The van der Waals surface area contributed by atoms with Gasteiger partial charge in [0.05, 0.1) is 6.21 Å². The summed E-state index contributed by atoms with van der Waals surface area (Å²) < 4.78 is 0. The summed E-state index contributed by atoms with van der Waals surface area (Å²) in [5, 5.41) is 4.55. The third-order valence-corrected chi connectivity index (χ3v) is 3.36. The second-order valence-electron chi connectivity index (χ2n) is 5.13. The minimum atomic E-state index is 0.406. The first-order chi connectivity index (χ1) is 9.43. The third-order valence-electron chi connectivity index (χ3n) is 3.18. The highest BCUT2D eigenvalue weighted by atomic mass is 32.1. The number of nitrogens with zero attached hydrogens (tertiary/aromatic N) is 2. The van der Waals surface area contributed by atoms with Crippen LogP contribution in [0.4, 0.5) is 0 Å². The molecule has 0 heterocycles. The van der Waals surface area contributed by atoms with E-state index < -0.39 is 0 Å². The lowest BCUT2D eigenvalue weighted by atomic mass is 10.1. The molecule has 0 saturated carbocycles. The molecule has 1 rings (SSSR count). The van der Waals surface area contributed by atoms with Crippen LogP contribution in [0, 0.1) is 19.8 Å². The Bertz CT molecular complexity index is 531. The van der Waals surface area contributed by atoms with Crippen molar-refractivity contribution in [2.45, 2.75) is 41.0 Å². The molecule has 1 N–H and O–H groups in total. The summed E-state index contributed by atoms with van der Waals surface area (Å²) in [5.74, 6) is 0.406. The highest BCUT2D eigenvalue weighted by molar-refractivity contribution is 7.80. The Balaban J connectivity index is 2.64. The van der Waals surface area contributed by atoms with Crippen LogP contribution in [0.3, 0.4) is 0 Å². The average molecular weight is 289 g/mol. The van der Waals surface area contributed by atoms with Crippen molar-refractivity contribution in [2.24, 2.45) is 16.0 Å². The summed E-state index contributed by atoms with van der Waals surface area (Å²) in [7, 11) is 0. The largest absolute Gasteiger partial charge is 0.252 e. The Kier molecular flexibility index (Phi) is 6.52. The van der Waals surface area contributed by atoms with Gasteiger partial charge in [-0.15, -0.1) is 0 Å². The smallest absolute Gasteiger partial charge is 0.213 e. The van der Waals surface area contributed by atoms with Crippen LogP contribution in [-0.4, -0.2) is 17.0 Å². The number of rotatable bonds is 4. The van der Waals surface area contributed by atoms with Gasteiger partial charge in [0.2, 0.25) is 5.11 Å². The molecule has 0 fully saturated rings. The van der Waals surface area contributed by atoms with Crippen LogP contribution in [0.5, 0.6) is 0 Å². The van der Waals surface area contributed by atoms with E-state index in [0.29, 0.717) is 11.0 Å². The average Bonchev–Trinajstić information content (AvgIpc) is 2.39. The Morgan fingerprint density at radius 3 is 2.55 bits per heavy atom. The van der Waals surface area contributed by atoms with E-state index in [4.69, 9.17) is 12.2 Å². The molecule has 0 atom stereocenters. The molecule has 0 amide bonds. The molecule has 0 saturated heterocycles. The van der Waals surface area contributed by atoms with Gasteiger partial charge in [0.1, 0.15) is 0 Å². The molecular formula is C16H23N3S. The van der Waals surface area contributed by atoms with E-state index in [0.717, 1.165) is 17.7 Å². The predicted molar refractivity (Wildman–Crippen MR) is 91.8 cm³/mol. The van der Waals surface area contributed by atoms with Gasteiger partial charge in [-0.25, -0.2) is 4.99 Å². The third kappa shape index (κ3) is 5.21. The summed E-state index contributed by atoms with van der Waals surface area (Å²) in [5.41, 5.74) is 7.46. The summed E-state index contributed by atoms with van der Waals surface area (Å²) in [4.78, 5) is 4.38. The molecule has 0 bridgehead atoms. The minimum absolute atomic E-state index is 0.406. The Hall–Kier alpha value is -1.55. The first-order valence-electron chi connectivity index (χ1n) is 6.91. The van der Waals surface area contributed by atoms with Crippen molar-refractivity contribution >= 4 is 29.3 Å². The number of nitrogens with one attached hydrogen (secondary N) is 1. The van der Waals surface area contributed by atoms with Gasteiger partial charge in [-0.3, -0.25) is 5.43 Å². The molecule has 0 spiro atoms. The lowest BCUT2D eigenvalue weighted by molar-refractivity contribution is 0.857. The van der Waals surface area contributed by atoms with Crippen molar-refractivity contribution < 1.29 is 0 Å². The monoisotopic (exact) mass is 289 g/mol. The second-order valence-corrected chi connectivity index (χ2v) is 5.52. The lowest BCUT2D eigenvalue weighted by Gasteiger charge is -2.07. The number of hydrogen-bond donors (Lipinski definition) is 1. The maximum atomic E-state index is 5.17. The summed E-state index contributed by atoms with van der Waals surface area (Å²) >= 11 is 5.17. The highest BCUT2D eigenvalue weighted by Gasteiger charge is 2.03. The number of aliphatic imine (C=N–C) groups is 1. The van der Waals surface area contributed by atoms with Gasteiger partial charge >= 0.3 is 0 Å². The molecule has 20 heavy (non-hydrogen) atoms. The molecule has 0 aliphatic rings. The van der Waals surface area contributed by atoms with Crippen molar-refractivity contribution in [3.8, 4) is 0 Å².